The molecule has 4 rings (SSSR count). The van der Waals surface area contributed by atoms with Crippen LogP contribution in [0.5, 0.6) is 0 Å². The van der Waals surface area contributed by atoms with Crippen LogP contribution in [0.2, 0.25) is 0 Å². The Hall–Kier alpha value is -4.08. The largest absolute Gasteiger partial charge is 0.481 e. The lowest BCUT2D eigenvalue weighted by Gasteiger charge is -2.21. The number of thiazole rings is 1. The SMILES string of the molecule is COCCc1[nH]c(=O)ccc1-c1ccccc1-c1csc(N(C)C(=O)[C@@H](CC(=O)O)Cc2ccccc2)n1. The number of anilines is 1. The molecule has 2 heterocycles. The zero-order valence-electron chi connectivity index (χ0n) is 21.2. The van der Waals surface area contributed by atoms with Crippen molar-refractivity contribution in [2.75, 3.05) is 25.7 Å². The molecule has 2 N–H and O–H groups in total. The molecule has 0 unspecified atom stereocenters. The molecule has 0 saturated heterocycles. The Balaban J connectivity index is 1.63. The maximum absolute atomic E-state index is 13.4. The Bertz CT molecular complexity index is 1460. The number of aliphatic carboxylic acids is 1. The topological polar surface area (TPSA) is 113 Å². The van der Waals surface area contributed by atoms with Crippen LogP contribution in [0.25, 0.3) is 22.4 Å². The van der Waals surface area contributed by atoms with Crippen molar-refractivity contribution in [3.05, 3.63) is 93.7 Å². The van der Waals surface area contributed by atoms with Gasteiger partial charge in [0.2, 0.25) is 11.5 Å². The number of rotatable bonds is 11. The number of pyridine rings is 1. The number of aromatic amines is 1. The van der Waals surface area contributed by atoms with Crippen LogP contribution in [-0.4, -0.2) is 47.7 Å². The second-order valence-corrected chi connectivity index (χ2v) is 9.74. The van der Waals surface area contributed by atoms with Gasteiger partial charge in [0, 0.05) is 48.8 Å². The molecule has 38 heavy (non-hydrogen) atoms. The summed E-state index contributed by atoms with van der Waals surface area (Å²) in [4.78, 5) is 46.0. The minimum Gasteiger partial charge on any atom is -0.481 e. The lowest BCUT2D eigenvalue weighted by Crippen LogP contribution is -2.35. The van der Waals surface area contributed by atoms with Crippen LogP contribution in [0.1, 0.15) is 17.7 Å². The normalized spacial score (nSPS) is 11.7. The molecule has 2 aromatic carbocycles. The van der Waals surface area contributed by atoms with Gasteiger partial charge in [-0.1, -0.05) is 54.6 Å². The Morgan fingerprint density at radius 2 is 1.74 bits per heavy atom. The summed E-state index contributed by atoms with van der Waals surface area (Å²) in [6.07, 6.45) is 0.603. The van der Waals surface area contributed by atoms with Crippen LogP contribution >= 0.6 is 11.3 Å². The highest BCUT2D eigenvalue weighted by atomic mass is 32.1. The van der Waals surface area contributed by atoms with Crippen molar-refractivity contribution in [2.24, 2.45) is 5.92 Å². The van der Waals surface area contributed by atoms with Gasteiger partial charge < -0.3 is 14.8 Å². The number of hydrogen-bond donors (Lipinski definition) is 2. The summed E-state index contributed by atoms with van der Waals surface area (Å²) in [6, 6.07) is 20.4. The Labute approximate surface area is 224 Å². The smallest absolute Gasteiger partial charge is 0.304 e. The molecule has 4 aromatic rings. The number of carboxylic acid groups (broad SMARTS) is 1. The van der Waals surface area contributed by atoms with E-state index in [-0.39, 0.29) is 17.9 Å². The van der Waals surface area contributed by atoms with Crippen LogP contribution in [0.3, 0.4) is 0 Å². The predicted octanol–water partition coefficient (Wildman–Crippen LogP) is 4.65. The fourth-order valence-electron chi connectivity index (χ4n) is 4.38. The Morgan fingerprint density at radius 3 is 2.45 bits per heavy atom. The van der Waals surface area contributed by atoms with Gasteiger partial charge in [0.1, 0.15) is 0 Å². The molecule has 0 radical (unpaired) electrons. The van der Waals surface area contributed by atoms with E-state index < -0.39 is 11.9 Å². The highest BCUT2D eigenvalue weighted by Crippen LogP contribution is 2.35. The molecule has 0 aliphatic heterocycles. The molecule has 0 aliphatic carbocycles. The van der Waals surface area contributed by atoms with E-state index >= 15 is 0 Å². The lowest BCUT2D eigenvalue weighted by molar-refractivity contribution is -0.140. The fraction of sp³-hybridized carbons (Fsp3) is 0.241. The van der Waals surface area contributed by atoms with Crippen molar-refractivity contribution >= 4 is 28.3 Å². The van der Waals surface area contributed by atoms with E-state index in [9.17, 15) is 19.5 Å². The summed E-state index contributed by atoms with van der Waals surface area (Å²) >= 11 is 1.32. The molecule has 0 spiro atoms. The highest BCUT2D eigenvalue weighted by molar-refractivity contribution is 7.14. The van der Waals surface area contributed by atoms with Crippen molar-refractivity contribution in [1.29, 1.82) is 0 Å². The first-order valence-corrected chi connectivity index (χ1v) is 13.0. The van der Waals surface area contributed by atoms with Gasteiger partial charge in [-0.3, -0.25) is 19.3 Å². The standard InChI is InChI=1S/C29H29N3O5S/c1-32(28(36)20(17-27(34)35)16-19-8-4-3-5-9-19)29-31-25(18-38-29)22-11-7-6-10-21(22)23-12-13-26(33)30-24(23)14-15-37-2/h3-13,18,20H,14-17H2,1-2H3,(H,30,33)(H,34,35)/t20-/m1/s1. The first-order chi connectivity index (χ1) is 18.4. The molecule has 0 saturated carbocycles. The first kappa shape index (κ1) is 27.0. The van der Waals surface area contributed by atoms with Crippen LogP contribution in [0, 0.1) is 5.92 Å². The van der Waals surface area contributed by atoms with Gasteiger partial charge in [-0.2, -0.15) is 0 Å². The summed E-state index contributed by atoms with van der Waals surface area (Å²) in [5, 5.41) is 11.8. The van der Waals surface area contributed by atoms with E-state index in [2.05, 4.69) is 4.98 Å². The van der Waals surface area contributed by atoms with Gasteiger partial charge in [0.05, 0.1) is 24.6 Å². The summed E-state index contributed by atoms with van der Waals surface area (Å²) in [5.41, 5.74) is 4.80. The molecule has 9 heteroatoms. The van der Waals surface area contributed by atoms with Gasteiger partial charge in [-0.05, 0) is 23.6 Å². The zero-order chi connectivity index (χ0) is 27.1. The number of methoxy groups -OCH3 is 1. The van der Waals surface area contributed by atoms with Gasteiger partial charge in [0.25, 0.3) is 0 Å². The summed E-state index contributed by atoms with van der Waals surface area (Å²) in [6.45, 7) is 0.462. The Kier molecular flexibility index (Phi) is 8.83. The van der Waals surface area contributed by atoms with E-state index in [1.54, 1.807) is 20.2 Å². The summed E-state index contributed by atoms with van der Waals surface area (Å²) in [7, 11) is 3.24. The van der Waals surface area contributed by atoms with Crippen LogP contribution in [0.15, 0.2) is 76.9 Å². The average Bonchev–Trinajstić information content (AvgIpc) is 3.41. The van der Waals surface area contributed by atoms with Crippen molar-refractivity contribution in [3.63, 3.8) is 0 Å². The third-order valence-corrected chi connectivity index (χ3v) is 7.17. The molecular formula is C29H29N3O5S. The molecule has 1 amide bonds. The number of carboxylic acids is 1. The van der Waals surface area contributed by atoms with Crippen LogP contribution in [0.4, 0.5) is 5.13 Å². The number of H-pyrrole nitrogens is 1. The number of aromatic nitrogens is 2. The van der Waals surface area contributed by atoms with Crippen molar-refractivity contribution in [2.45, 2.75) is 19.3 Å². The van der Waals surface area contributed by atoms with E-state index in [0.29, 0.717) is 30.3 Å². The van der Waals surface area contributed by atoms with E-state index in [1.807, 2.05) is 60.0 Å². The predicted molar refractivity (Wildman–Crippen MR) is 148 cm³/mol. The van der Waals surface area contributed by atoms with Crippen molar-refractivity contribution in [1.82, 2.24) is 9.97 Å². The zero-order valence-corrected chi connectivity index (χ0v) is 22.0. The number of ether oxygens (including phenoxy) is 1. The summed E-state index contributed by atoms with van der Waals surface area (Å²) in [5.74, 6) is -2.04. The van der Waals surface area contributed by atoms with Crippen LogP contribution < -0.4 is 10.5 Å². The molecule has 196 valence electrons. The molecule has 0 aliphatic rings. The van der Waals surface area contributed by atoms with Crippen molar-refractivity contribution < 1.29 is 19.4 Å². The minimum absolute atomic E-state index is 0.181. The number of nitrogens with zero attached hydrogens (tertiary/aromatic N) is 2. The maximum Gasteiger partial charge on any atom is 0.304 e. The van der Waals surface area contributed by atoms with Gasteiger partial charge in [-0.25, -0.2) is 4.98 Å². The van der Waals surface area contributed by atoms with E-state index in [1.165, 1.54) is 22.3 Å². The van der Waals surface area contributed by atoms with Gasteiger partial charge in [-0.15, -0.1) is 11.3 Å². The average molecular weight is 532 g/mol. The number of hydrogen-bond acceptors (Lipinski definition) is 6. The van der Waals surface area contributed by atoms with Crippen molar-refractivity contribution in [3.8, 4) is 22.4 Å². The second kappa shape index (κ2) is 12.4. The first-order valence-electron chi connectivity index (χ1n) is 12.2. The highest BCUT2D eigenvalue weighted by Gasteiger charge is 2.27. The number of carbonyl (C=O) groups is 2. The molecular weight excluding hydrogens is 502 g/mol. The molecule has 0 bridgehead atoms. The number of nitrogens with one attached hydrogen (secondary N) is 1. The third-order valence-electron chi connectivity index (χ3n) is 6.25. The molecule has 1 atom stereocenters. The fourth-order valence-corrected chi connectivity index (χ4v) is 5.17. The van der Waals surface area contributed by atoms with Gasteiger partial charge >= 0.3 is 5.97 Å². The second-order valence-electron chi connectivity index (χ2n) is 8.90. The molecule has 8 nitrogen and oxygen atoms in total. The lowest BCUT2D eigenvalue weighted by atomic mass is 9.95. The third kappa shape index (κ3) is 6.42. The number of benzene rings is 2. The molecule has 0 fully saturated rings. The summed E-state index contributed by atoms with van der Waals surface area (Å²) < 4.78 is 5.22. The minimum atomic E-state index is -1.02. The van der Waals surface area contributed by atoms with E-state index in [0.717, 1.165) is 27.9 Å². The quantitative estimate of drug-likeness (QED) is 0.291. The molecule has 2 aromatic heterocycles. The van der Waals surface area contributed by atoms with E-state index in [4.69, 9.17) is 9.72 Å². The number of amides is 1. The van der Waals surface area contributed by atoms with Crippen LogP contribution in [-0.2, 0) is 27.2 Å². The van der Waals surface area contributed by atoms with Gasteiger partial charge in [0.15, 0.2) is 5.13 Å². The monoisotopic (exact) mass is 531 g/mol. The maximum atomic E-state index is 13.4. The number of carbonyl (C=O) groups excluding carboxylic acids is 1. The Morgan fingerprint density at radius 1 is 1.03 bits per heavy atom.